The molecule has 260 valence electrons. The lowest BCUT2D eigenvalue weighted by molar-refractivity contribution is -0.218. The lowest BCUT2D eigenvalue weighted by Gasteiger charge is -2.50. The zero-order valence-corrected chi connectivity index (χ0v) is 28.0. The first-order valence-electron chi connectivity index (χ1n) is 14.8. The van der Waals surface area contributed by atoms with Gasteiger partial charge in [0.05, 0.1) is 11.6 Å². The number of nitrogens with zero attached hydrogens (tertiary/aromatic N) is 4. The number of amides is 2. The first kappa shape index (κ1) is 35.0. The molecule has 8 N–H and O–H groups in total. The minimum absolute atomic E-state index is 0.0615. The molecule has 48 heavy (non-hydrogen) atoms. The molecule has 18 nitrogen and oxygen atoms in total. The van der Waals surface area contributed by atoms with Crippen LogP contribution >= 0.6 is 11.3 Å². The number of amidine groups is 1. The molecule has 3 aliphatic rings. The molecule has 3 heterocycles. The number of fused-ring (bicyclic) bond motifs is 1. The van der Waals surface area contributed by atoms with Gasteiger partial charge < -0.3 is 36.8 Å². The number of carboxylic acids is 1. The molecule has 1 saturated carbocycles. The van der Waals surface area contributed by atoms with Crippen LogP contribution in [0.25, 0.3) is 0 Å². The van der Waals surface area contributed by atoms with E-state index in [1.807, 2.05) is 13.1 Å². The van der Waals surface area contributed by atoms with Gasteiger partial charge in [0.15, 0.2) is 16.9 Å². The van der Waals surface area contributed by atoms with Gasteiger partial charge in [-0.05, 0) is 77.3 Å². The Labute approximate surface area is 279 Å². The van der Waals surface area contributed by atoms with Crippen molar-refractivity contribution in [2.45, 2.75) is 81.8 Å². The first-order valence-corrected chi connectivity index (χ1v) is 17.0. The van der Waals surface area contributed by atoms with Crippen molar-refractivity contribution in [3.05, 3.63) is 40.4 Å². The Morgan fingerprint density at radius 3 is 2.58 bits per heavy atom. The largest absolute Gasteiger partial charge is 0.485 e. The molecule has 2 aliphatic heterocycles. The van der Waals surface area contributed by atoms with Crippen LogP contribution in [0.5, 0.6) is 5.75 Å². The van der Waals surface area contributed by atoms with Crippen molar-refractivity contribution in [2.24, 2.45) is 15.9 Å². The van der Waals surface area contributed by atoms with E-state index < -0.39 is 57.2 Å². The summed E-state index contributed by atoms with van der Waals surface area (Å²) in [5.74, 6) is -2.61. The van der Waals surface area contributed by atoms with Crippen molar-refractivity contribution >= 4 is 56.2 Å². The number of hydrogen-bond donors (Lipinski definition) is 6. The number of hydroxylamine groups is 2. The van der Waals surface area contributed by atoms with Crippen molar-refractivity contribution in [2.75, 3.05) is 12.8 Å². The molecule has 0 unspecified atom stereocenters. The molecule has 2 fully saturated rings. The number of nitrogens with two attached hydrogens (primary N) is 2. The summed E-state index contributed by atoms with van der Waals surface area (Å²) >= 11 is 0.967. The number of aliphatic imine (C=N–C) groups is 1. The summed E-state index contributed by atoms with van der Waals surface area (Å²) in [6.07, 6.45) is 1.38. The minimum atomic E-state index is -5.03. The van der Waals surface area contributed by atoms with Crippen LogP contribution < -0.4 is 26.8 Å². The maximum atomic E-state index is 13.4. The van der Waals surface area contributed by atoms with Crippen LogP contribution in [0.4, 0.5) is 5.13 Å². The average molecular weight is 709 g/mol. The molecule has 2 aromatic rings. The second kappa shape index (κ2) is 12.9. The Bertz CT molecular complexity index is 1790. The van der Waals surface area contributed by atoms with E-state index in [9.17, 15) is 27.9 Å². The number of anilines is 1. The lowest BCUT2D eigenvalue weighted by atomic mass is 9.84. The summed E-state index contributed by atoms with van der Waals surface area (Å²) in [6.45, 7) is 3.99. The van der Waals surface area contributed by atoms with Crippen LogP contribution in [0.15, 0.2) is 33.7 Å². The van der Waals surface area contributed by atoms with Gasteiger partial charge in [-0.1, -0.05) is 5.16 Å². The molecule has 5 rings (SSSR count). The van der Waals surface area contributed by atoms with Crippen LogP contribution in [-0.2, 0) is 40.3 Å². The summed E-state index contributed by atoms with van der Waals surface area (Å²) in [5, 5.41) is 21.6. The minimum Gasteiger partial charge on any atom is -0.485 e. The van der Waals surface area contributed by atoms with Gasteiger partial charge >= 0.3 is 16.4 Å². The molecule has 0 spiro atoms. The molecule has 3 atom stereocenters. The van der Waals surface area contributed by atoms with Crippen molar-refractivity contribution in [1.29, 1.82) is 0 Å². The Morgan fingerprint density at radius 2 is 2.00 bits per heavy atom. The number of rotatable bonds is 12. The number of hydrogen-bond acceptors (Lipinski definition) is 14. The number of nitrogens with one attached hydrogen (secondary N) is 2. The maximum absolute atomic E-state index is 13.4. The fourth-order valence-corrected chi connectivity index (χ4v) is 6.53. The highest BCUT2D eigenvalue weighted by molar-refractivity contribution is 7.80. The molecule has 1 aliphatic carbocycles. The standard InChI is InChI=1S/C28H36N8O10S2/c1-27(2)21(24(38)36(27)46-48(41,42)43)34-23(37)20(17-12-47-26(30)33-17)35-45-28(3,25(39)40)19-8-6-13-9-14(5-7-18(13)44-19)22(29)32-16-10-15(11-16)31-4/h5,7,9,12,15-16,19,21,31H,6,8,10-11H2,1-4H3,(H2,29,32)(H2,30,33)(H,34,37)(H,39,40)(H,41,42,43)/b35-20-/t15?,16?,19-,21-,28+/m1/s1. The van der Waals surface area contributed by atoms with Gasteiger partial charge in [-0.25, -0.2) is 9.78 Å². The van der Waals surface area contributed by atoms with Crippen molar-refractivity contribution in [1.82, 2.24) is 20.7 Å². The number of aliphatic carboxylic acids is 1. The fourth-order valence-electron chi connectivity index (χ4n) is 5.53. The van der Waals surface area contributed by atoms with Crippen molar-refractivity contribution in [3.8, 4) is 5.75 Å². The molecular weight excluding hydrogens is 672 g/mol. The molecule has 1 saturated heterocycles. The summed E-state index contributed by atoms with van der Waals surface area (Å²) in [5.41, 5.74) is 9.42. The van der Waals surface area contributed by atoms with Gasteiger partial charge in [0.2, 0.25) is 0 Å². The van der Waals surface area contributed by atoms with E-state index >= 15 is 0 Å². The molecule has 1 aromatic carbocycles. The van der Waals surface area contributed by atoms with E-state index in [0.717, 1.165) is 35.3 Å². The highest BCUT2D eigenvalue weighted by atomic mass is 32.3. The zero-order chi connectivity index (χ0) is 35.2. The molecule has 20 heteroatoms. The van der Waals surface area contributed by atoms with Crippen LogP contribution in [-0.4, -0.2) is 99.9 Å². The Hall–Kier alpha value is -4.37. The van der Waals surface area contributed by atoms with E-state index in [0.29, 0.717) is 29.1 Å². The van der Waals surface area contributed by atoms with Crippen molar-refractivity contribution < 1.29 is 46.3 Å². The number of benzene rings is 1. The highest BCUT2D eigenvalue weighted by Gasteiger charge is 2.58. The second-order valence-electron chi connectivity index (χ2n) is 12.3. The van der Waals surface area contributed by atoms with Gasteiger partial charge in [-0.2, -0.15) is 13.5 Å². The lowest BCUT2D eigenvalue weighted by Crippen LogP contribution is -2.76. The number of β-lactam (4-membered cyclic amide) rings is 1. The van der Waals surface area contributed by atoms with Gasteiger partial charge in [0.25, 0.3) is 17.4 Å². The van der Waals surface area contributed by atoms with E-state index in [4.69, 9.17) is 25.6 Å². The number of ether oxygens (including phenoxy) is 1. The van der Waals surface area contributed by atoms with E-state index in [2.05, 4.69) is 30.0 Å². The molecular formula is C28H36N8O10S2. The van der Waals surface area contributed by atoms with E-state index in [-0.39, 0.29) is 23.3 Å². The molecule has 0 radical (unpaired) electrons. The van der Waals surface area contributed by atoms with E-state index in [1.165, 1.54) is 26.2 Å². The van der Waals surface area contributed by atoms with E-state index in [1.54, 1.807) is 12.1 Å². The topological polar surface area (TPSA) is 270 Å². The third-order valence-corrected chi connectivity index (χ3v) is 9.62. The first-order chi connectivity index (χ1) is 22.4. The number of oxime groups is 1. The van der Waals surface area contributed by atoms with Gasteiger partial charge in [-0.3, -0.25) is 19.1 Å². The van der Waals surface area contributed by atoms with Gasteiger partial charge in [-0.15, -0.1) is 15.6 Å². The summed E-state index contributed by atoms with van der Waals surface area (Å²) in [4.78, 5) is 52.9. The number of thiazole rings is 1. The average Bonchev–Trinajstić information content (AvgIpc) is 3.44. The van der Waals surface area contributed by atoms with Gasteiger partial charge in [0, 0.05) is 17.0 Å². The molecule has 2 amide bonds. The Morgan fingerprint density at radius 1 is 1.29 bits per heavy atom. The number of carbonyl (C=O) groups excluding carboxylic acids is 2. The van der Waals surface area contributed by atoms with Crippen LogP contribution in [0, 0.1) is 0 Å². The number of carboxylic acid groups (broad SMARTS) is 1. The highest BCUT2D eigenvalue weighted by Crippen LogP contribution is 2.36. The Kier molecular flexibility index (Phi) is 9.40. The van der Waals surface area contributed by atoms with Crippen LogP contribution in [0.1, 0.15) is 56.9 Å². The normalized spacial score (nSPS) is 25.1. The monoisotopic (exact) mass is 708 g/mol. The van der Waals surface area contributed by atoms with Crippen molar-refractivity contribution in [3.63, 3.8) is 0 Å². The number of aromatic nitrogens is 1. The zero-order valence-electron chi connectivity index (χ0n) is 26.4. The predicted octanol–water partition coefficient (Wildman–Crippen LogP) is -0.0212. The summed E-state index contributed by atoms with van der Waals surface area (Å²) < 4.78 is 41.7. The smallest absolute Gasteiger partial charge is 0.418 e. The summed E-state index contributed by atoms with van der Waals surface area (Å²) in [7, 11) is -3.12. The molecule has 0 bridgehead atoms. The third kappa shape index (κ3) is 6.92. The maximum Gasteiger partial charge on any atom is 0.418 e. The molecule has 1 aromatic heterocycles. The Balaban J connectivity index is 1.34. The van der Waals surface area contributed by atoms with Crippen LogP contribution in [0.2, 0.25) is 0 Å². The number of aryl methyl sites for hydroxylation is 1. The predicted molar refractivity (Wildman–Crippen MR) is 171 cm³/mol. The number of carbonyl (C=O) groups is 3. The third-order valence-electron chi connectivity index (χ3n) is 8.61. The summed E-state index contributed by atoms with van der Waals surface area (Å²) in [6, 6.07) is 4.53. The quantitative estimate of drug-likeness (QED) is 0.0556. The van der Waals surface area contributed by atoms with Gasteiger partial charge in [0.1, 0.15) is 23.3 Å². The number of nitrogen functional groups attached to an aromatic ring is 1. The second-order valence-corrected chi connectivity index (χ2v) is 14.2. The van der Waals surface area contributed by atoms with Crippen LogP contribution in [0.3, 0.4) is 0 Å². The fraction of sp³-hybridized carbons (Fsp3) is 0.500. The SMILES string of the molecule is CNC1CC(N=C(N)c2ccc3c(c2)CC[C@H]([C@](C)(O/N=C(\C(=O)N[C@@H]2C(=O)N(OS(=O)(=O)O)C2(C)C)c2csc(N)n2)C(=O)O)O3)C1.